The predicted molar refractivity (Wildman–Crippen MR) is 80.1 cm³/mol. The Morgan fingerprint density at radius 3 is 2.60 bits per heavy atom. The number of hydrogen-bond acceptors (Lipinski definition) is 1. The van der Waals surface area contributed by atoms with Crippen molar-refractivity contribution in [2.75, 3.05) is 0 Å². The summed E-state index contributed by atoms with van der Waals surface area (Å²) >= 11 is 3.22. The highest BCUT2D eigenvalue weighted by atomic mass is 79.9. The summed E-state index contributed by atoms with van der Waals surface area (Å²) in [6, 6.07) is 4.87. The van der Waals surface area contributed by atoms with E-state index in [-0.39, 0.29) is 12.2 Å². The summed E-state index contributed by atoms with van der Waals surface area (Å²) in [4.78, 5) is 11.7. The van der Waals surface area contributed by atoms with Crippen LogP contribution in [-0.2, 0) is 11.2 Å². The maximum Gasteiger partial charge on any atom is 0.309 e. The molecule has 0 atom stereocenters. The molecule has 2 nitrogen and oxygen atoms in total. The summed E-state index contributed by atoms with van der Waals surface area (Å²) in [7, 11) is 0. The third kappa shape index (κ3) is 3.22. The van der Waals surface area contributed by atoms with Gasteiger partial charge in [-0.3, -0.25) is 4.79 Å². The minimum absolute atomic E-state index is 0.290. The number of benzene rings is 1. The molecule has 1 aromatic rings. The van der Waals surface area contributed by atoms with Gasteiger partial charge in [0.25, 0.3) is 0 Å². The Labute approximate surface area is 127 Å². The van der Waals surface area contributed by atoms with Crippen LogP contribution in [0.5, 0.6) is 0 Å². The van der Waals surface area contributed by atoms with Crippen LogP contribution in [-0.4, -0.2) is 11.1 Å². The highest BCUT2D eigenvalue weighted by Crippen LogP contribution is 2.43. The van der Waals surface area contributed by atoms with Gasteiger partial charge in [0.15, 0.2) is 0 Å². The number of carboxylic acid groups (broad SMARTS) is 1. The molecule has 1 aromatic carbocycles. The first kappa shape index (κ1) is 15.5. The Kier molecular flexibility index (Phi) is 4.84. The van der Waals surface area contributed by atoms with E-state index in [4.69, 9.17) is 0 Å². The Morgan fingerprint density at radius 2 is 2.10 bits per heavy atom. The first-order chi connectivity index (χ1) is 9.47. The number of halogens is 2. The van der Waals surface area contributed by atoms with Gasteiger partial charge >= 0.3 is 5.97 Å². The van der Waals surface area contributed by atoms with Crippen molar-refractivity contribution < 1.29 is 14.3 Å². The lowest BCUT2D eigenvalue weighted by molar-refractivity contribution is -0.151. The van der Waals surface area contributed by atoms with Crippen LogP contribution in [0.4, 0.5) is 4.39 Å². The molecule has 1 fully saturated rings. The average Bonchev–Trinajstić information content (AvgIpc) is 2.42. The van der Waals surface area contributed by atoms with E-state index in [1.165, 1.54) is 6.07 Å². The van der Waals surface area contributed by atoms with Gasteiger partial charge in [-0.15, -0.1) is 0 Å². The molecular weight excluding hydrogens is 323 g/mol. The van der Waals surface area contributed by atoms with Crippen molar-refractivity contribution in [3.05, 3.63) is 34.1 Å². The van der Waals surface area contributed by atoms with Gasteiger partial charge in [0, 0.05) is 4.47 Å². The lowest BCUT2D eigenvalue weighted by Crippen LogP contribution is -2.37. The molecule has 1 aliphatic rings. The highest BCUT2D eigenvalue weighted by Gasteiger charge is 2.42. The quantitative estimate of drug-likeness (QED) is 0.852. The van der Waals surface area contributed by atoms with Crippen LogP contribution in [0.15, 0.2) is 22.7 Å². The normalized spacial score (nSPS) is 26.4. The predicted octanol–water partition coefficient (Wildman–Crippen LogP) is 4.80. The molecule has 20 heavy (non-hydrogen) atoms. The summed E-state index contributed by atoms with van der Waals surface area (Å²) in [6.45, 7) is 2.15. The minimum atomic E-state index is -0.791. The Bertz CT molecular complexity index is 493. The fourth-order valence-corrected chi connectivity index (χ4v) is 3.47. The van der Waals surface area contributed by atoms with Crippen molar-refractivity contribution in [1.82, 2.24) is 0 Å². The number of carbonyl (C=O) groups is 1. The minimum Gasteiger partial charge on any atom is -0.481 e. The standard InChI is InChI=1S/C16H20BrFO2/c1-2-11-5-7-16(8-6-11,15(19)20)10-12-3-4-13(17)9-14(12)18/h3-4,9,11H,2,5-8,10H2,1H3,(H,19,20). The van der Waals surface area contributed by atoms with Crippen molar-refractivity contribution in [3.63, 3.8) is 0 Å². The van der Waals surface area contributed by atoms with Gasteiger partial charge < -0.3 is 5.11 Å². The molecule has 1 saturated carbocycles. The third-order valence-electron chi connectivity index (χ3n) is 4.64. The molecule has 1 aliphatic carbocycles. The summed E-state index contributed by atoms with van der Waals surface area (Å²) in [5, 5.41) is 9.62. The van der Waals surface area contributed by atoms with Crippen LogP contribution in [0.1, 0.15) is 44.6 Å². The fourth-order valence-electron chi connectivity index (χ4n) is 3.13. The lowest BCUT2D eigenvalue weighted by atomic mass is 9.67. The van der Waals surface area contributed by atoms with Crippen molar-refractivity contribution in [2.24, 2.45) is 11.3 Å². The summed E-state index contributed by atoms with van der Waals surface area (Å²) in [5.74, 6) is -0.482. The van der Waals surface area contributed by atoms with Crippen molar-refractivity contribution >= 4 is 21.9 Å². The Balaban J connectivity index is 2.20. The molecule has 0 aliphatic heterocycles. The van der Waals surface area contributed by atoms with Crippen molar-refractivity contribution in [2.45, 2.75) is 45.4 Å². The summed E-state index contributed by atoms with van der Waals surface area (Å²) in [5.41, 5.74) is -0.286. The number of carboxylic acids is 1. The van der Waals surface area contributed by atoms with Crippen LogP contribution in [0.2, 0.25) is 0 Å². The second-order valence-electron chi connectivity index (χ2n) is 5.85. The Morgan fingerprint density at radius 1 is 1.45 bits per heavy atom. The van der Waals surface area contributed by atoms with Gasteiger partial charge in [-0.1, -0.05) is 35.3 Å². The molecule has 0 amide bonds. The van der Waals surface area contributed by atoms with Crippen LogP contribution in [0.3, 0.4) is 0 Å². The lowest BCUT2D eigenvalue weighted by Gasteiger charge is -2.36. The van der Waals surface area contributed by atoms with Crippen molar-refractivity contribution in [3.8, 4) is 0 Å². The zero-order valence-corrected chi connectivity index (χ0v) is 13.2. The van der Waals surface area contributed by atoms with E-state index in [1.807, 2.05) is 0 Å². The van der Waals surface area contributed by atoms with E-state index in [9.17, 15) is 14.3 Å². The van der Waals surface area contributed by atoms with E-state index in [2.05, 4.69) is 22.9 Å². The Hall–Kier alpha value is -0.900. The monoisotopic (exact) mass is 342 g/mol. The molecule has 0 spiro atoms. The second-order valence-corrected chi connectivity index (χ2v) is 6.77. The van der Waals surface area contributed by atoms with Crippen LogP contribution in [0.25, 0.3) is 0 Å². The van der Waals surface area contributed by atoms with Crippen molar-refractivity contribution in [1.29, 1.82) is 0 Å². The third-order valence-corrected chi connectivity index (χ3v) is 5.13. The molecule has 110 valence electrons. The van der Waals surface area contributed by atoms with Gasteiger partial charge in [-0.2, -0.15) is 0 Å². The largest absolute Gasteiger partial charge is 0.481 e. The SMILES string of the molecule is CCC1CCC(Cc2ccc(Br)cc2F)(C(=O)O)CC1. The van der Waals surface area contributed by atoms with Crippen LogP contribution in [0, 0.1) is 17.2 Å². The fraction of sp³-hybridized carbons (Fsp3) is 0.562. The van der Waals surface area contributed by atoms with E-state index < -0.39 is 11.4 Å². The molecule has 4 heteroatoms. The van der Waals surface area contributed by atoms with Crippen LogP contribution < -0.4 is 0 Å². The van der Waals surface area contributed by atoms with Gasteiger partial charge in [0.2, 0.25) is 0 Å². The van der Waals surface area contributed by atoms with E-state index in [1.54, 1.807) is 12.1 Å². The van der Waals surface area contributed by atoms with E-state index in [0.717, 1.165) is 19.3 Å². The summed E-state index contributed by atoms with van der Waals surface area (Å²) in [6.07, 6.45) is 4.55. The molecule has 0 aromatic heterocycles. The molecular formula is C16H20BrFO2. The molecule has 2 rings (SSSR count). The van der Waals surface area contributed by atoms with Crippen LogP contribution >= 0.6 is 15.9 Å². The van der Waals surface area contributed by atoms with E-state index >= 15 is 0 Å². The average molecular weight is 343 g/mol. The summed E-state index contributed by atoms with van der Waals surface area (Å²) < 4.78 is 14.6. The molecule has 0 radical (unpaired) electrons. The molecule has 0 saturated heterocycles. The maximum absolute atomic E-state index is 14.0. The molecule has 1 N–H and O–H groups in total. The highest BCUT2D eigenvalue weighted by molar-refractivity contribution is 9.10. The van der Waals surface area contributed by atoms with Gasteiger partial charge in [0.05, 0.1) is 5.41 Å². The van der Waals surface area contributed by atoms with E-state index in [0.29, 0.717) is 28.8 Å². The number of aliphatic carboxylic acids is 1. The van der Waals surface area contributed by atoms with Gasteiger partial charge in [0.1, 0.15) is 5.82 Å². The smallest absolute Gasteiger partial charge is 0.309 e. The van der Waals surface area contributed by atoms with Gasteiger partial charge in [-0.05, 0) is 55.7 Å². The second kappa shape index (κ2) is 6.25. The maximum atomic E-state index is 14.0. The molecule has 0 bridgehead atoms. The molecule has 0 heterocycles. The number of hydrogen-bond donors (Lipinski definition) is 1. The van der Waals surface area contributed by atoms with Gasteiger partial charge in [-0.25, -0.2) is 4.39 Å². The topological polar surface area (TPSA) is 37.3 Å². The zero-order chi connectivity index (χ0) is 14.8. The first-order valence-electron chi connectivity index (χ1n) is 7.14. The first-order valence-corrected chi connectivity index (χ1v) is 7.93. The zero-order valence-electron chi connectivity index (χ0n) is 11.7. The number of rotatable bonds is 4. The molecule has 0 unspecified atom stereocenters.